The van der Waals surface area contributed by atoms with E-state index in [4.69, 9.17) is 17.1 Å². The smallest absolute Gasteiger partial charge is 0.350 e. The van der Waals surface area contributed by atoms with Gasteiger partial charge in [-0.2, -0.15) is 0 Å². The number of ether oxygens (including phenoxy) is 1. The Morgan fingerprint density at radius 3 is 1.57 bits per heavy atom. The summed E-state index contributed by atoms with van der Waals surface area (Å²) < 4.78 is 27.9. The standard InChI is InChI=1S/C23H46O4Si3/c1-23(2,3)24-19-30(22-17-11-6-12-18-22)26-28(20-13-7-4-8-14-20)25-29(27-30)21-15-9-5-10-16-21/h20-22,28-29H,4-19H2,1-3H3. The van der Waals surface area contributed by atoms with Gasteiger partial charge in [-0.25, -0.2) is 0 Å². The molecule has 0 aromatic heterocycles. The molecule has 30 heavy (non-hydrogen) atoms. The van der Waals surface area contributed by atoms with Crippen LogP contribution in [0.4, 0.5) is 0 Å². The van der Waals surface area contributed by atoms with E-state index in [0.29, 0.717) is 16.6 Å². The Hall–Kier alpha value is 0.491. The third kappa shape index (κ3) is 6.08. The van der Waals surface area contributed by atoms with Crippen molar-refractivity contribution in [2.45, 2.75) is 139 Å². The highest BCUT2D eigenvalue weighted by molar-refractivity contribution is 6.85. The Labute approximate surface area is 189 Å². The van der Waals surface area contributed by atoms with Crippen molar-refractivity contribution in [3.05, 3.63) is 0 Å². The van der Waals surface area contributed by atoms with Gasteiger partial charge in [-0.3, -0.25) is 0 Å². The minimum Gasteiger partial charge on any atom is -0.420 e. The van der Waals surface area contributed by atoms with Gasteiger partial charge in [0.2, 0.25) is 0 Å². The molecule has 0 amide bonds. The fourth-order valence-electron chi connectivity index (χ4n) is 6.07. The van der Waals surface area contributed by atoms with Gasteiger partial charge in [0.05, 0.1) is 11.8 Å². The predicted octanol–water partition coefficient (Wildman–Crippen LogP) is 6.29. The van der Waals surface area contributed by atoms with E-state index in [1.54, 1.807) is 0 Å². The Kier molecular flexibility index (Phi) is 8.36. The van der Waals surface area contributed by atoms with Crippen LogP contribution < -0.4 is 0 Å². The molecule has 3 aliphatic carbocycles. The zero-order valence-corrected chi connectivity index (χ0v) is 23.1. The van der Waals surface area contributed by atoms with Gasteiger partial charge in [-0.05, 0) is 70.4 Å². The van der Waals surface area contributed by atoms with E-state index < -0.39 is 27.1 Å². The minimum absolute atomic E-state index is 0.135. The van der Waals surface area contributed by atoms with Crippen LogP contribution in [0.2, 0.25) is 16.6 Å². The predicted molar refractivity (Wildman–Crippen MR) is 130 cm³/mol. The van der Waals surface area contributed by atoms with E-state index in [9.17, 15) is 0 Å². The van der Waals surface area contributed by atoms with Crippen LogP contribution in [0.5, 0.6) is 0 Å². The molecular formula is C23H46O4Si3. The van der Waals surface area contributed by atoms with Crippen molar-refractivity contribution in [2.75, 3.05) is 6.23 Å². The van der Waals surface area contributed by atoms with Crippen LogP contribution in [-0.4, -0.2) is 39.0 Å². The summed E-state index contributed by atoms with van der Waals surface area (Å²) in [5.41, 5.74) is 1.91. The number of hydrogen-bond acceptors (Lipinski definition) is 4. The Morgan fingerprint density at radius 1 is 0.700 bits per heavy atom. The van der Waals surface area contributed by atoms with E-state index >= 15 is 0 Å². The fourth-order valence-corrected chi connectivity index (χ4v) is 22.0. The molecule has 4 aliphatic rings. The molecule has 174 valence electrons. The van der Waals surface area contributed by atoms with Gasteiger partial charge in [-0.15, -0.1) is 0 Å². The average Bonchev–Trinajstić information content (AvgIpc) is 2.79. The van der Waals surface area contributed by atoms with Crippen LogP contribution in [0.25, 0.3) is 0 Å². The second kappa shape index (κ2) is 10.6. The molecule has 0 radical (unpaired) electrons. The SMILES string of the molecule is CC(C)(C)OC[Si]1(C2CCCCC2)O[SiH](C2CCCCC2)O[SiH](C2CCCCC2)O1. The highest BCUT2D eigenvalue weighted by Crippen LogP contribution is 2.46. The van der Waals surface area contributed by atoms with Crippen molar-refractivity contribution < 1.29 is 17.1 Å². The third-order valence-corrected chi connectivity index (χ3v) is 20.3. The molecule has 3 saturated carbocycles. The normalized spacial score (nSPS) is 36.1. The topological polar surface area (TPSA) is 36.9 Å². The monoisotopic (exact) mass is 470 g/mol. The average molecular weight is 471 g/mol. The molecule has 0 aromatic rings. The zero-order chi connectivity index (χ0) is 21.0. The molecule has 4 rings (SSSR count). The molecule has 4 nitrogen and oxygen atoms in total. The Morgan fingerprint density at radius 2 is 1.13 bits per heavy atom. The van der Waals surface area contributed by atoms with Crippen LogP contribution in [0, 0.1) is 0 Å². The molecule has 1 heterocycles. The van der Waals surface area contributed by atoms with Gasteiger partial charge in [0, 0.05) is 5.54 Å². The largest absolute Gasteiger partial charge is 0.420 e. The van der Waals surface area contributed by atoms with Crippen molar-refractivity contribution >= 4 is 27.1 Å². The highest BCUT2D eigenvalue weighted by Gasteiger charge is 2.56. The quantitative estimate of drug-likeness (QED) is 0.442. The molecule has 1 aliphatic heterocycles. The van der Waals surface area contributed by atoms with Crippen LogP contribution in [0.3, 0.4) is 0 Å². The van der Waals surface area contributed by atoms with Crippen molar-refractivity contribution in [1.82, 2.24) is 0 Å². The van der Waals surface area contributed by atoms with E-state index in [1.165, 1.54) is 96.3 Å². The maximum Gasteiger partial charge on any atom is 0.350 e. The lowest BCUT2D eigenvalue weighted by atomic mass is 10.0. The summed E-state index contributed by atoms with van der Waals surface area (Å²) in [4.78, 5) is 0. The first-order valence-corrected chi connectivity index (χ1v) is 18.4. The van der Waals surface area contributed by atoms with Crippen LogP contribution in [-0.2, 0) is 17.1 Å². The second-order valence-electron chi connectivity index (χ2n) is 11.5. The molecule has 0 N–H and O–H groups in total. The number of rotatable bonds is 5. The molecule has 4 fully saturated rings. The van der Waals surface area contributed by atoms with Gasteiger partial charge in [0.1, 0.15) is 0 Å². The summed E-state index contributed by atoms with van der Waals surface area (Å²) in [6, 6.07) is 0. The van der Waals surface area contributed by atoms with E-state index in [0.717, 1.165) is 6.23 Å². The fraction of sp³-hybridized carbons (Fsp3) is 1.00. The van der Waals surface area contributed by atoms with Crippen molar-refractivity contribution in [3.8, 4) is 0 Å². The lowest BCUT2D eigenvalue weighted by Crippen LogP contribution is -2.65. The van der Waals surface area contributed by atoms with E-state index in [-0.39, 0.29) is 5.60 Å². The lowest BCUT2D eigenvalue weighted by molar-refractivity contribution is 0.00598. The van der Waals surface area contributed by atoms with Crippen molar-refractivity contribution in [3.63, 3.8) is 0 Å². The third-order valence-electron chi connectivity index (χ3n) is 7.90. The highest BCUT2D eigenvalue weighted by atomic mass is 28.5. The van der Waals surface area contributed by atoms with Crippen molar-refractivity contribution in [1.29, 1.82) is 0 Å². The van der Waals surface area contributed by atoms with E-state index in [1.807, 2.05) is 0 Å². The summed E-state index contributed by atoms with van der Waals surface area (Å²) in [5, 5.41) is 0. The molecule has 0 bridgehead atoms. The molecule has 0 spiro atoms. The molecular weight excluding hydrogens is 425 g/mol. The second-order valence-corrected chi connectivity index (χ2v) is 20.5. The number of hydrogen-bond donors (Lipinski definition) is 0. The summed E-state index contributed by atoms with van der Waals surface area (Å²) in [5.74, 6) is 0. The summed E-state index contributed by atoms with van der Waals surface area (Å²) >= 11 is 0. The summed E-state index contributed by atoms with van der Waals surface area (Å²) in [6.07, 6.45) is 21.0. The first kappa shape index (κ1) is 23.6. The maximum absolute atomic E-state index is 7.21. The van der Waals surface area contributed by atoms with Gasteiger partial charge in [0.15, 0.2) is 0 Å². The summed E-state index contributed by atoms with van der Waals surface area (Å²) in [6.45, 7) is 6.55. The van der Waals surface area contributed by atoms with E-state index in [2.05, 4.69) is 20.8 Å². The van der Waals surface area contributed by atoms with Gasteiger partial charge in [0.25, 0.3) is 0 Å². The molecule has 0 aromatic carbocycles. The lowest BCUT2D eigenvalue weighted by Gasteiger charge is -2.51. The first-order chi connectivity index (χ1) is 14.5. The van der Waals surface area contributed by atoms with Crippen molar-refractivity contribution in [2.24, 2.45) is 0 Å². The minimum atomic E-state index is -2.41. The van der Waals surface area contributed by atoms with Crippen LogP contribution in [0.15, 0.2) is 0 Å². The van der Waals surface area contributed by atoms with Crippen LogP contribution >= 0.6 is 0 Å². The van der Waals surface area contributed by atoms with Gasteiger partial charge < -0.3 is 17.1 Å². The molecule has 2 unspecified atom stereocenters. The van der Waals surface area contributed by atoms with Crippen LogP contribution in [0.1, 0.15) is 117 Å². The molecule has 1 saturated heterocycles. The Bertz CT molecular complexity index is 497. The molecule has 7 heteroatoms. The first-order valence-electron chi connectivity index (χ1n) is 13.1. The summed E-state index contributed by atoms with van der Waals surface area (Å²) in [7, 11) is -5.81. The molecule has 2 atom stereocenters. The van der Waals surface area contributed by atoms with Gasteiger partial charge in [-0.1, -0.05) is 57.8 Å². The van der Waals surface area contributed by atoms with Gasteiger partial charge >= 0.3 is 27.1 Å². The zero-order valence-electron chi connectivity index (χ0n) is 19.8. The maximum atomic E-state index is 7.21. The Balaban J connectivity index is 1.59.